The zero-order chi connectivity index (χ0) is 19.8. The predicted molar refractivity (Wildman–Crippen MR) is 115 cm³/mol. The first-order valence-electron chi connectivity index (χ1n) is 9.99. The molecule has 0 atom stereocenters. The van der Waals surface area contributed by atoms with Crippen LogP contribution in [-0.4, -0.2) is 22.0 Å². The van der Waals surface area contributed by atoms with Gasteiger partial charge in [-0.05, 0) is 50.3 Å². The van der Waals surface area contributed by atoms with Crippen LogP contribution in [0.5, 0.6) is 0 Å². The van der Waals surface area contributed by atoms with E-state index in [0.717, 1.165) is 54.9 Å². The summed E-state index contributed by atoms with van der Waals surface area (Å²) >= 11 is 1.36. The molecule has 0 unspecified atom stereocenters. The van der Waals surface area contributed by atoms with Crippen molar-refractivity contribution in [3.8, 4) is 0 Å². The second kappa shape index (κ2) is 7.51. The van der Waals surface area contributed by atoms with E-state index in [4.69, 9.17) is 4.98 Å². The summed E-state index contributed by atoms with van der Waals surface area (Å²) in [5, 5.41) is 0.610. The minimum atomic E-state index is -0.0497. The maximum Gasteiger partial charge on any atom is 0.268 e. The zero-order valence-electron chi connectivity index (χ0n) is 16.6. The Morgan fingerprint density at radius 2 is 2.04 bits per heavy atom. The minimum absolute atomic E-state index is 0.00417. The van der Waals surface area contributed by atoms with Gasteiger partial charge in [0, 0.05) is 25.2 Å². The van der Waals surface area contributed by atoms with Crippen molar-refractivity contribution in [1.82, 2.24) is 9.55 Å². The number of aryl methyl sites for hydroxylation is 3. The maximum absolute atomic E-state index is 13.5. The van der Waals surface area contributed by atoms with Gasteiger partial charge in [-0.1, -0.05) is 25.1 Å². The van der Waals surface area contributed by atoms with Crippen LogP contribution in [0, 0.1) is 6.92 Å². The third kappa shape index (κ3) is 2.96. The van der Waals surface area contributed by atoms with E-state index in [9.17, 15) is 9.59 Å². The number of benzene rings is 1. The lowest BCUT2D eigenvalue weighted by molar-refractivity contribution is 0.0991. The number of thiophene rings is 1. The van der Waals surface area contributed by atoms with Crippen molar-refractivity contribution in [2.24, 2.45) is 0 Å². The Morgan fingerprint density at radius 3 is 2.79 bits per heavy atom. The molecule has 3 aromatic rings. The second-order valence-electron chi connectivity index (χ2n) is 7.21. The van der Waals surface area contributed by atoms with Crippen molar-refractivity contribution in [2.45, 2.75) is 53.0 Å². The molecule has 5 nitrogen and oxygen atoms in total. The molecule has 0 fully saturated rings. The smallest absolute Gasteiger partial charge is 0.268 e. The fourth-order valence-corrected chi connectivity index (χ4v) is 5.20. The van der Waals surface area contributed by atoms with E-state index >= 15 is 0 Å². The van der Waals surface area contributed by atoms with Crippen LogP contribution < -0.4 is 10.5 Å². The van der Waals surface area contributed by atoms with E-state index in [1.807, 2.05) is 36.9 Å². The Morgan fingerprint density at radius 1 is 1.25 bits per heavy atom. The van der Waals surface area contributed by atoms with Gasteiger partial charge in [0.25, 0.3) is 11.5 Å². The number of para-hydroxylation sites is 1. The third-order valence-electron chi connectivity index (χ3n) is 5.58. The first-order chi connectivity index (χ1) is 13.6. The van der Waals surface area contributed by atoms with Crippen molar-refractivity contribution >= 4 is 33.1 Å². The first-order valence-corrected chi connectivity index (χ1v) is 10.8. The molecule has 1 aliphatic heterocycles. The minimum Gasteiger partial charge on any atom is -0.308 e. The molecular formula is C22H25N3O2S. The number of aromatic nitrogens is 2. The summed E-state index contributed by atoms with van der Waals surface area (Å²) in [6, 6.07) is 8.02. The summed E-state index contributed by atoms with van der Waals surface area (Å²) < 4.78 is 1.80. The average Bonchev–Trinajstić information content (AvgIpc) is 3.05. The summed E-state index contributed by atoms with van der Waals surface area (Å²) in [5.74, 6) is 0.805. The molecule has 6 heteroatoms. The Bertz CT molecular complexity index is 1110. The van der Waals surface area contributed by atoms with Crippen LogP contribution in [0.25, 0.3) is 10.2 Å². The van der Waals surface area contributed by atoms with Crippen molar-refractivity contribution in [2.75, 3.05) is 11.4 Å². The number of amides is 1. The lowest BCUT2D eigenvalue weighted by Crippen LogP contribution is -2.31. The molecule has 4 rings (SSSR count). The van der Waals surface area contributed by atoms with Crippen molar-refractivity contribution in [3.63, 3.8) is 0 Å². The average molecular weight is 396 g/mol. The molecule has 28 heavy (non-hydrogen) atoms. The molecule has 1 aromatic carbocycles. The number of hydrogen-bond donors (Lipinski definition) is 0. The largest absolute Gasteiger partial charge is 0.308 e. The van der Waals surface area contributed by atoms with Gasteiger partial charge in [-0.15, -0.1) is 11.3 Å². The topological polar surface area (TPSA) is 55.2 Å². The zero-order valence-corrected chi connectivity index (χ0v) is 17.4. The van der Waals surface area contributed by atoms with Gasteiger partial charge in [-0.2, -0.15) is 0 Å². The predicted octanol–water partition coefficient (Wildman–Crippen LogP) is 4.33. The Kier molecular flexibility index (Phi) is 5.06. The fraction of sp³-hybridized carbons (Fsp3) is 0.409. The number of fused-ring (bicyclic) bond motifs is 2. The van der Waals surface area contributed by atoms with Crippen molar-refractivity contribution in [1.29, 1.82) is 0 Å². The molecule has 146 valence electrons. The molecule has 1 aliphatic rings. The summed E-state index contributed by atoms with van der Waals surface area (Å²) in [6.07, 6.45) is 3.76. The summed E-state index contributed by atoms with van der Waals surface area (Å²) in [4.78, 5) is 34.4. The molecule has 3 heterocycles. The monoisotopic (exact) mass is 395 g/mol. The number of carbonyl (C=O) groups excluding carboxylic acids is 1. The van der Waals surface area contributed by atoms with E-state index in [0.29, 0.717) is 21.6 Å². The number of anilines is 1. The van der Waals surface area contributed by atoms with Gasteiger partial charge in [0.1, 0.15) is 10.7 Å². The maximum atomic E-state index is 13.5. The first kappa shape index (κ1) is 18.9. The van der Waals surface area contributed by atoms with Gasteiger partial charge in [-0.25, -0.2) is 4.98 Å². The summed E-state index contributed by atoms with van der Waals surface area (Å²) in [7, 11) is 0. The quantitative estimate of drug-likeness (QED) is 0.661. The van der Waals surface area contributed by atoms with Crippen LogP contribution in [0.15, 0.2) is 29.1 Å². The summed E-state index contributed by atoms with van der Waals surface area (Å²) in [5.41, 5.74) is 2.85. The van der Waals surface area contributed by atoms with Gasteiger partial charge in [-0.3, -0.25) is 14.2 Å². The second-order valence-corrected chi connectivity index (χ2v) is 8.21. The lowest BCUT2D eigenvalue weighted by atomic mass is 10.1. The highest BCUT2D eigenvalue weighted by Crippen LogP contribution is 2.31. The van der Waals surface area contributed by atoms with Crippen LogP contribution >= 0.6 is 11.3 Å². The lowest BCUT2D eigenvalue weighted by Gasteiger charge is -2.23. The molecule has 0 saturated heterocycles. The van der Waals surface area contributed by atoms with Crippen LogP contribution in [0.4, 0.5) is 5.69 Å². The van der Waals surface area contributed by atoms with Crippen LogP contribution in [0.3, 0.4) is 0 Å². The van der Waals surface area contributed by atoms with Crippen molar-refractivity contribution in [3.05, 3.63) is 56.4 Å². The highest BCUT2D eigenvalue weighted by molar-refractivity contribution is 7.20. The van der Waals surface area contributed by atoms with E-state index in [-0.39, 0.29) is 11.5 Å². The Balaban J connectivity index is 1.84. The van der Waals surface area contributed by atoms with E-state index < -0.39 is 0 Å². The molecular weight excluding hydrogens is 370 g/mol. The van der Waals surface area contributed by atoms with E-state index in [1.54, 1.807) is 4.57 Å². The van der Waals surface area contributed by atoms with Crippen LogP contribution in [0.1, 0.15) is 53.3 Å². The van der Waals surface area contributed by atoms with Gasteiger partial charge >= 0.3 is 0 Å². The Hall–Kier alpha value is -2.47. The standard InChI is InChI=1S/C22H25N3O2S/c1-4-15-10-6-7-11-16(15)24(5-2)22(27)19-14(3)18-20(28-19)23-17-12-8-9-13-25(17)21(18)26/h6-7,10-11H,4-5,8-9,12-13H2,1-3H3. The van der Waals surface area contributed by atoms with E-state index in [1.165, 1.54) is 11.3 Å². The van der Waals surface area contributed by atoms with Crippen LogP contribution in [0.2, 0.25) is 0 Å². The molecule has 0 bridgehead atoms. The van der Waals surface area contributed by atoms with Crippen molar-refractivity contribution < 1.29 is 4.79 Å². The normalized spacial score (nSPS) is 13.5. The molecule has 0 N–H and O–H groups in total. The molecule has 0 spiro atoms. The van der Waals surface area contributed by atoms with E-state index in [2.05, 4.69) is 13.0 Å². The molecule has 0 aliphatic carbocycles. The van der Waals surface area contributed by atoms with Gasteiger partial charge in [0.15, 0.2) is 0 Å². The number of carbonyl (C=O) groups is 1. The highest BCUT2D eigenvalue weighted by atomic mass is 32.1. The fourth-order valence-electron chi connectivity index (χ4n) is 4.06. The third-order valence-corrected chi connectivity index (χ3v) is 6.75. The SMILES string of the molecule is CCc1ccccc1N(CC)C(=O)c1sc2nc3n(c(=O)c2c1C)CCCC3. The van der Waals surface area contributed by atoms with Gasteiger partial charge < -0.3 is 4.90 Å². The number of hydrogen-bond acceptors (Lipinski definition) is 4. The Labute approximate surface area is 168 Å². The molecule has 0 radical (unpaired) electrons. The summed E-state index contributed by atoms with van der Waals surface area (Å²) in [6.45, 7) is 7.26. The van der Waals surface area contributed by atoms with Crippen LogP contribution in [-0.2, 0) is 19.4 Å². The number of nitrogens with zero attached hydrogens (tertiary/aromatic N) is 3. The van der Waals surface area contributed by atoms with Gasteiger partial charge in [0.2, 0.25) is 0 Å². The molecule has 1 amide bonds. The highest BCUT2D eigenvalue weighted by Gasteiger charge is 2.26. The van der Waals surface area contributed by atoms with Gasteiger partial charge in [0.05, 0.1) is 10.3 Å². The number of rotatable bonds is 4. The molecule has 2 aromatic heterocycles. The molecule has 0 saturated carbocycles.